The maximum absolute atomic E-state index is 8.49. The number of rotatable bonds is 0. The van der Waals surface area contributed by atoms with Crippen LogP contribution in [0, 0.1) is 30.7 Å². The minimum Gasteiger partial charge on any atom is -0.222 e. The normalized spacial score (nSPS) is 10.6. The van der Waals surface area contributed by atoms with E-state index in [1.165, 1.54) is 0 Å². The molecule has 0 rings (SSSR count). The SMILES string of the molecule is [Mg+2].[Na+].[O-][Cl+3]([O-])([O-])[O-].[O-][Cl+3]([O-])([O-])[O-].[O-][Cl+3]([O-])([O-])[O-]. The first kappa shape index (κ1) is 31.5. The van der Waals surface area contributed by atoms with Gasteiger partial charge in [-0.05, 0) is 0 Å². The van der Waals surface area contributed by atoms with Crippen LogP contribution in [0.3, 0.4) is 0 Å². The van der Waals surface area contributed by atoms with Crippen molar-refractivity contribution in [3.63, 3.8) is 0 Å². The van der Waals surface area contributed by atoms with Gasteiger partial charge in [-0.15, -0.1) is 30.7 Å². The fourth-order valence-electron chi connectivity index (χ4n) is 0. The smallest absolute Gasteiger partial charge is 0.222 e. The zero-order valence-electron chi connectivity index (χ0n) is 7.74. The van der Waals surface area contributed by atoms with E-state index < -0.39 is 30.7 Å². The summed E-state index contributed by atoms with van der Waals surface area (Å²) < 4.78 is 102. The molecule has 0 aliphatic carbocycles. The van der Waals surface area contributed by atoms with Gasteiger partial charge in [0.15, 0.2) is 0 Å². The molecular formula is Cl3MgNaO12. The van der Waals surface area contributed by atoms with Crippen LogP contribution >= 0.6 is 0 Å². The van der Waals surface area contributed by atoms with Crippen molar-refractivity contribution in [3.8, 4) is 0 Å². The van der Waals surface area contributed by atoms with Gasteiger partial charge >= 0.3 is 52.6 Å². The third-order valence-electron chi connectivity index (χ3n) is 0. The van der Waals surface area contributed by atoms with Gasteiger partial charge in [0.25, 0.3) is 0 Å². The maximum atomic E-state index is 8.49. The Labute approximate surface area is 138 Å². The van der Waals surface area contributed by atoms with Gasteiger partial charge in [0, 0.05) is 0 Å². The molecule has 0 aromatic heterocycles. The average Bonchev–Trinajstić information content (AvgIpc) is 1.41. The van der Waals surface area contributed by atoms with Gasteiger partial charge in [-0.3, -0.25) is 0 Å². The summed E-state index contributed by atoms with van der Waals surface area (Å²) in [6, 6.07) is 0. The molecule has 17 heavy (non-hydrogen) atoms. The first-order valence-corrected chi connectivity index (χ1v) is 5.55. The van der Waals surface area contributed by atoms with Crippen molar-refractivity contribution in [3.05, 3.63) is 0 Å². The van der Waals surface area contributed by atoms with E-state index in [0.717, 1.165) is 0 Å². The number of halogens is 3. The molecule has 0 amide bonds. The minimum absolute atomic E-state index is 0. The van der Waals surface area contributed by atoms with Gasteiger partial charge in [0.1, 0.15) is 0 Å². The molecule has 0 aliphatic rings. The molecule has 0 aromatic carbocycles. The first-order valence-electron chi connectivity index (χ1n) is 1.85. The summed E-state index contributed by atoms with van der Waals surface area (Å²) in [7, 11) is -14.8. The van der Waals surface area contributed by atoms with Crippen LogP contribution in [-0.4, -0.2) is 23.1 Å². The Morgan fingerprint density at radius 2 is 0.353 bits per heavy atom. The van der Waals surface area contributed by atoms with Gasteiger partial charge < -0.3 is 0 Å². The summed E-state index contributed by atoms with van der Waals surface area (Å²) in [4.78, 5) is 0. The van der Waals surface area contributed by atoms with Crippen molar-refractivity contribution in [2.75, 3.05) is 0 Å². The third-order valence-corrected chi connectivity index (χ3v) is 0. The Kier molecular flexibility index (Phi) is 24.4. The second kappa shape index (κ2) is 13.2. The summed E-state index contributed by atoms with van der Waals surface area (Å²) >= 11 is 0. The van der Waals surface area contributed by atoms with E-state index in [0.29, 0.717) is 0 Å². The van der Waals surface area contributed by atoms with E-state index in [2.05, 4.69) is 0 Å². The second-order valence-corrected chi connectivity index (χ2v) is 3.40. The fraction of sp³-hybridized carbons (Fsp3) is 0. The van der Waals surface area contributed by atoms with Crippen LogP contribution in [0.2, 0.25) is 0 Å². The Morgan fingerprint density at radius 1 is 0.353 bits per heavy atom. The molecular weight excluding hydrogens is 346 g/mol. The quantitative estimate of drug-likeness (QED) is 0.369. The van der Waals surface area contributed by atoms with Crippen molar-refractivity contribution in [1.29, 1.82) is 0 Å². The average molecular weight is 346 g/mol. The van der Waals surface area contributed by atoms with Crippen LogP contribution in [0.4, 0.5) is 0 Å². The van der Waals surface area contributed by atoms with E-state index in [1.54, 1.807) is 0 Å². The molecule has 0 spiro atoms. The largest absolute Gasteiger partial charge is 2.00 e. The molecule has 96 valence electrons. The zero-order valence-corrected chi connectivity index (χ0v) is 13.4. The molecule has 0 radical (unpaired) electrons. The molecule has 17 heteroatoms. The van der Waals surface area contributed by atoms with E-state index in [-0.39, 0.29) is 52.6 Å². The topological polar surface area (TPSA) is 277 Å². The molecule has 0 unspecified atom stereocenters. The van der Waals surface area contributed by atoms with Gasteiger partial charge in [0.2, 0.25) is 0 Å². The third kappa shape index (κ3) is 1020. The first-order chi connectivity index (χ1) is 6.00. The van der Waals surface area contributed by atoms with Crippen molar-refractivity contribution < 1.29 is 116 Å². The molecule has 0 aromatic rings. The van der Waals surface area contributed by atoms with E-state index in [1.807, 2.05) is 0 Å². The Morgan fingerprint density at radius 3 is 0.353 bits per heavy atom. The van der Waals surface area contributed by atoms with Crippen LogP contribution in [0.5, 0.6) is 0 Å². The van der Waals surface area contributed by atoms with Crippen molar-refractivity contribution in [1.82, 2.24) is 0 Å². The molecule has 0 aliphatic heterocycles. The second-order valence-electron chi connectivity index (χ2n) is 1.13. The van der Waals surface area contributed by atoms with E-state index >= 15 is 0 Å². The predicted molar refractivity (Wildman–Crippen MR) is 5.75 cm³/mol. The molecule has 12 nitrogen and oxygen atoms in total. The molecule has 0 saturated heterocycles. The number of hydrogen-bond acceptors (Lipinski definition) is 12. The van der Waals surface area contributed by atoms with E-state index in [4.69, 9.17) is 55.9 Å². The molecule has 0 saturated carbocycles. The van der Waals surface area contributed by atoms with Gasteiger partial charge in [-0.1, -0.05) is 0 Å². The van der Waals surface area contributed by atoms with Crippen LogP contribution in [0.25, 0.3) is 0 Å². The maximum Gasteiger partial charge on any atom is 2.00 e. The Hall–Kier alpha value is 2.16. The predicted octanol–water partition coefficient (Wildman–Crippen LogP) is -17.6. The molecule has 0 bridgehead atoms. The Bertz CT molecular complexity index is 96.8. The van der Waals surface area contributed by atoms with Crippen LogP contribution in [-0.2, 0) is 0 Å². The Balaban J connectivity index is -0.0000000400. The van der Waals surface area contributed by atoms with Gasteiger partial charge in [-0.25, -0.2) is 55.9 Å². The number of hydrogen-bond donors (Lipinski definition) is 0. The summed E-state index contributed by atoms with van der Waals surface area (Å²) in [6.07, 6.45) is 0. The van der Waals surface area contributed by atoms with Crippen molar-refractivity contribution in [2.24, 2.45) is 0 Å². The molecule has 0 atom stereocenters. The minimum atomic E-state index is -4.94. The standard InChI is InChI=1S/3ClHO4.Mg.Na/c3*2-1(3,4)5;;/h3*(H,2,3,4,5);;/q;;;+2;+1/p-3. The van der Waals surface area contributed by atoms with Crippen LogP contribution in [0.15, 0.2) is 0 Å². The van der Waals surface area contributed by atoms with E-state index in [9.17, 15) is 0 Å². The summed E-state index contributed by atoms with van der Waals surface area (Å²) in [6.45, 7) is 0. The summed E-state index contributed by atoms with van der Waals surface area (Å²) in [5.41, 5.74) is 0. The van der Waals surface area contributed by atoms with Crippen LogP contribution in [0.1, 0.15) is 0 Å². The zero-order chi connectivity index (χ0) is 13.5. The molecule has 0 fully saturated rings. The monoisotopic (exact) mass is 344 g/mol. The fourth-order valence-corrected chi connectivity index (χ4v) is 0. The van der Waals surface area contributed by atoms with Crippen molar-refractivity contribution in [2.45, 2.75) is 0 Å². The van der Waals surface area contributed by atoms with Gasteiger partial charge in [-0.2, -0.15) is 0 Å². The molecule has 0 N–H and O–H groups in total. The van der Waals surface area contributed by atoms with Gasteiger partial charge in [0.05, 0.1) is 0 Å². The van der Waals surface area contributed by atoms with Crippen molar-refractivity contribution >= 4 is 23.1 Å². The molecule has 0 heterocycles. The van der Waals surface area contributed by atoms with Crippen LogP contribution < -0.4 is 85.5 Å². The summed E-state index contributed by atoms with van der Waals surface area (Å²) in [5, 5.41) is 0. The summed E-state index contributed by atoms with van der Waals surface area (Å²) in [5.74, 6) is 0.